The van der Waals surface area contributed by atoms with E-state index >= 15 is 0 Å². The Bertz CT molecular complexity index is 982. The number of nitrogens with zero attached hydrogens (tertiary/aromatic N) is 3. The van der Waals surface area contributed by atoms with E-state index in [4.69, 9.17) is 0 Å². The average molecular weight is 400 g/mol. The van der Waals surface area contributed by atoms with Gasteiger partial charge in [0.05, 0.1) is 10.6 Å². The van der Waals surface area contributed by atoms with Gasteiger partial charge >= 0.3 is 0 Å². The summed E-state index contributed by atoms with van der Waals surface area (Å²) in [6.45, 7) is 3.43. The van der Waals surface area contributed by atoms with Crippen LogP contribution in [0.4, 0.5) is 5.69 Å². The summed E-state index contributed by atoms with van der Waals surface area (Å²) in [5.74, 6) is -0.107. The molecule has 2 aliphatic rings. The summed E-state index contributed by atoms with van der Waals surface area (Å²) in [5.41, 5.74) is 2.21. The zero-order valence-electron chi connectivity index (χ0n) is 16.0. The topological polar surface area (TPSA) is 60.9 Å². The van der Waals surface area contributed by atoms with Crippen molar-refractivity contribution in [2.45, 2.75) is 17.7 Å². The second kappa shape index (κ2) is 7.56. The number of hydrogen-bond donors (Lipinski definition) is 0. The van der Waals surface area contributed by atoms with Gasteiger partial charge in [0.2, 0.25) is 0 Å². The lowest BCUT2D eigenvalue weighted by atomic mass is 10.0. The van der Waals surface area contributed by atoms with Gasteiger partial charge in [-0.05, 0) is 49.7 Å². The highest BCUT2D eigenvalue weighted by Gasteiger charge is 2.30. The molecule has 0 aliphatic carbocycles. The Morgan fingerprint density at radius 2 is 1.68 bits per heavy atom. The molecule has 148 valence electrons. The number of likely N-dealkylation sites (N-methyl/N-ethyl adjacent to an activating group) is 1. The molecule has 2 aromatic carbocycles. The van der Waals surface area contributed by atoms with Crippen LogP contribution in [0.3, 0.4) is 0 Å². The van der Waals surface area contributed by atoms with Crippen molar-refractivity contribution < 1.29 is 13.2 Å². The van der Waals surface area contributed by atoms with Crippen LogP contribution < -0.4 is 4.31 Å². The molecule has 6 nitrogen and oxygen atoms in total. The second-order valence-corrected chi connectivity index (χ2v) is 9.30. The van der Waals surface area contributed by atoms with Crippen LogP contribution in [0, 0.1) is 0 Å². The fourth-order valence-electron chi connectivity index (χ4n) is 3.86. The number of anilines is 1. The van der Waals surface area contributed by atoms with E-state index in [1.165, 1.54) is 10.4 Å². The summed E-state index contributed by atoms with van der Waals surface area (Å²) in [6, 6.07) is 14.1. The normalized spacial score (nSPS) is 18.0. The number of benzene rings is 2. The minimum absolute atomic E-state index is 0.107. The predicted octanol–water partition coefficient (Wildman–Crippen LogP) is 2.22. The molecule has 2 aliphatic heterocycles. The Hall–Kier alpha value is -2.38. The lowest BCUT2D eigenvalue weighted by molar-refractivity contribution is 0.0664. The molecule has 2 heterocycles. The van der Waals surface area contributed by atoms with Gasteiger partial charge in [0.25, 0.3) is 15.9 Å². The molecule has 0 atom stereocenters. The van der Waals surface area contributed by atoms with Crippen molar-refractivity contribution in [3.8, 4) is 0 Å². The number of piperazine rings is 1. The third-order valence-electron chi connectivity index (χ3n) is 5.53. The van der Waals surface area contributed by atoms with Gasteiger partial charge in [-0.2, -0.15) is 0 Å². The summed E-state index contributed by atoms with van der Waals surface area (Å²) in [4.78, 5) is 17.0. The number of carbonyl (C=O) groups excluding carboxylic acids is 1. The van der Waals surface area contributed by atoms with E-state index in [2.05, 4.69) is 4.90 Å². The van der Waals surface area contributed by atoms with E-state index in [1.807, 2.05) is 31.3 Å². The third-order valence-corrected chi connectivity index (χ3v) is 7.34. The minimum Gasteiger partial charge on any atom is -0.336 e. The van der Waals surface area contributed by atoms with Gasteiger partial charge < -0.3 is 9.80 Å². The Morgan fingerprint density at radius 3 is 2.46 bits per heavy atom. The number of para-hydroxylation sites is 1. The van der Waals surface area contributed by atoms with Crippen molar-refractivity contribution in [2.24, 2.45) is 0 Å². The SMILES string of the molecule is CN1CCN(C(=O)c2cccc(S(=O)(=O)N3CCCc4ccccc43)c2)CC1. The van der Waals surface area contributed by atoms with Crippen LogP contribution in [-0.2, 0) is 16.4 Å². The first kappa shape index (κ1) is 19.0. The second-order valence-electron chi connectivity index (χ2n) is 7.43. The summed E-state index contributed by atoms with van der Waals surface area (Å²) >= 11 is 0. The van der Waals surface area contributed by atoms with Crippen LogP contribution in [0.15, 0.2) is 53.4 Å². The molecule has 2 aromatic rings. The van der Waals surface area contributed by atoms with Crippen LogP contribution in [0.25, 0.3) is 0 Å². The Labute approximate surface area is 166 Å². The first-order valence-corrected chi connectivity index (χ1v) is 11.1. The van der Waals surface area contributed by atoms with E-state index in [0.29, 0.717) is 25.2 Å². The number of hydrogen-bond acceptors (Lipinski definition) is 4. The van der Waals surface area contributed by atoms with Gasteiger partial charge in [-0.3, -0.25) is 9.10 Å². The van der Waals surface area contributed by atoms with Crippen molar-refractivity contribution in [3.05, 3.63) is 59.7 Å². The number of rotatable bonds is 3. The Balaban J connectivity index is 1.63. The van der Waals surface area contributed by atoms with Crippen LogP contribution in [0.5, 0.6) is 0 Å². The van der Waals surface area contributed by atoms with Gasteiger partial charge in [0.1, 0.15) is 0 Å². The van der Waals surface area contributed by atoms with Crippen molar-refractivity contribution >= 4 is 21.6 Å². The molecule has 0 spiro atoms. The van der Waals surface area contributed by atoms with E-state index in [1.54, 1.807) is 23.1 Å². The molecule has 4 rings (SSSR count). The summed E-state index contributed by atoms with van der Waals surface area (Å²) in [7, 11) is -1.68. The highest BCUT2D eigenvalue weighted by Crippen LogP contribution is 2.32. The zero-order chi connectivity index (χ0) is 19.7. The highest BCUT2D eigenvalue weighted by atomic mass is 32.2. The van der Waals surface area contributed by atoms with Crippen LogP contribution >= 0.6 is 0 Å². The molecule has 1 amide bonds. The average Bonchev–Trinajstić information content (AvgIpc) is 2.73. The van der Waals surface area contributed by atoms with Crippen molar-refractivity contribution in [1.82, 2.24) is 9.80 Å². The lowest BCUT2D eigenvalue weighted by Crippen LogP contribution is -2.47. The maximum absolute atomic E-state index is 13.3. The van der Waals surface area contributed by atoms with E-state index < -0.39 is 10.0 Å². The number of fused-ring (bicyclic) bond motifs is 1. The van der Waals surface area contributed by atoms with E-state index in [0.717, 1.165) is 37.2 Å². The number of sulfonamides is 1. The molecule has 1 saturated heterocycles. The molecule has 0 aromatic heterocycles. The first-order valence-electron chi connectivity index (χ1n) is 9.65. The number of carbonyl (C=O) groups is 1. The zero-order valence-corrected chi connectivity index (χ0v) is 16.9. The molecule has 7 heteroatoms. The third kappa shape index (κ3) is 3.52. The molecule has 28 heavy (non-hydrogen) atoms. The molecule has 0 bridgehead atoms. The largest absolute Gasteiger partial charge is 0.336 e. The van der Waals surface area contributed by atoms with Gasteiger partial charge in [-0.25, -0.2) is 8.42 Å². The first-order chi connectivity index (χ1) is 13.5. The predicted molar refractivity (Wildman–Crippen MR) is 109 cm³/mol. The quantitative estimate of drug-likeness (QED) is 0.794. The van der Waals surface area contributed by atoms with Gasteiger partial charge in [-0.15, -0.1) is 0 Å². The van der Waals surface area contributed by atoms with E-state index in [9.17, 15) is 13.2 Å². The Morgan fingerprint density at radius 1 is 0.929 bits per heavy atom. The van der Waals surface area contributed by atoms with Gasteiger partial charge in [-0.1, -0.05) is 24.3 Å². The molecule has 0 N–H and O–H groups in total. The van der Waals surface area contributed by atoms with Crippen molar-refractivity contribution in [1.29, 1.82) is 0 Å². The van der Waals surface area contributed by atoms with Crippen LogP contribution in [0.2, 0.25) is 0 Å². The molecule has 0 unspecified atom stereocenters. The number of aryl methyl sites for hydroxylation is 1. The molecular formula is C21H25N3O3S. The van der Waals surface area contributed by atoms with Gasteiger partial charge in [0.15, 0.2) is 0 Å². The highest BCUT2D eigenvalue weighted by molar-refractivity contribution is 7.92. The maximum atomic E-state index is 13.3. The van der Waals surface area contributed by atoms with Crippen molar-refractivity contribution in [3.63, 3.8) is 0 Å². The standard InChI is InChI=1S/C21H25N3O3S/c1-22-12-14-23(15-13-22)21(25)18-7-4-9-19(16-18)28(26,27)24-11-5-8-17-6-2-3-10-20(17)24/h2-4,6-7,9-10,16H,5,8,11-15H2,1H3. The van der Waals surface area contributed by atoms with Crippen molar-refractivity contribution in [2.75, 3.05) is 44.1 Å². The van der Waals surface area contributed by atoms with Gasteiger partial charge in [0, 0.05) is 38.3 Å². The van der Waals surface area contributed by atoms with Crippen LogP contribution in [0.1, 0.15) is 22.3 Å². The van der Waals surface area contributed by atoms with E-state index in [-0.39, 0.29) is 10.8 Å². The molecule has 0 saturated carbocycles. The summed E-state index contributed by atoms with van der Waals surface area (Å²) in [5, 5.41) is 0. The Kier molecular flexibility index (Phi) is 5.12. The fraction of sp³-hybridized carbons (Fsp3) is 0.381. The minimum atomic E-state index is -3.72. The maximum Gasteiger partial charge on any atom is 0.264 e. The lowest BCUT2D eigenvalue weighted by Gasteiger charge is -2.32. The summed E-state index contributed by atoms with van der Waals surface area (Å²) in [6.07, 6.45) is 1.67. The number of amides is 1. The van der Waals surface area contributed by atoms with Crippen LogP contribution in [-0.4, -0.2) is 63.9 Å². The smallest absolute Gasteiger partial charge is 0.264 e. The molecule has 0 radical (unpaired) electrons. The monoisotopic (exact) mass is 399 g/mol. The molecular weight excluding hydrogens is 374 g/mol. The fourth-order valence-corrected chi connectivity index (χ4v) is 5.45. The summed E-state index contributed by atoms with van der Waals surface area (Å²) < 4.78 is 28.2. The molecule has 1 fully saturated rings.